The van der Waals surface area contributed by atoms with E-state index in [1.165, 1.54) is 23.9 Å². The van der Waals surface area contributed by atoms with Crippen LogP contribution in [0.4, 0.5) is 4.39 Å². The van der Waals surface area contributed by atoms with Crippen molar-refractivity contribution in [2.24, 2.45) is 5.41 Å². The van der Waals surface area contributed by atoms with Crippen molar-refractivity contribution in [3.63, 3.8) is 0 Å². The Balaban J connectivity index is 1.71. The third-order valence-corrected chi connectivity index (χ3v) is 5.41. The van der Waals surface area contributed by atoms with Gasteiger partial charge in [-0.1, -0.05) is 32.9 Å². The summed E-state index contributed by atoms with van der Waals surface area (Å²) in [6, 6.07) is 12.2. The summed E-state index contributed by atoms with van der Waals surface area (Å²) in [4.78, 5) is 17.2. The Labute approximate surface area is 181 Å². The van der Waals surface area contributed by atoms with E-state index in [4.69, 9.17) is 4.74 Å². The highest BCUT2D eigenvalue weighted by molar-refractivity contribution is 7.99. The molecule has 0 spiro atoms. The summed E-state index contributed by atoms with van der Waals surface area (Å²) in [6.45, 7) is 8.98. The average Bonchev–Trinajstić information content (AvgIpc) is 2.69. The SMILES string of the molecule is Cc1cc(-n2ccnc(SCCc3ccc(F)cc3)c2=O)ccc1OCC(C)(C)C. The normalized spacial score (nSPS) is 11.5. The van der Waals surface area contributed by atoms with Gasteiger partial charge in [0.2, 0.25) is 0 Å². The zero-order chi connectivity index (χ0) is 21.7. The molecule has 0 aliphatic heterocycles. The maximum atomic E-state index is 13.0. The molecule has 0 saturated heterocycles. The minimum absolute atomic E-state index is 0.0766. The molecule has 3 aromatic rings. The van der Waals surface area contributed by atoms with Crippen LogP contribution in [0.5, 0.6) is 5.75 Å². The lowest BCUT2D eigenvalue weighted by Gasteiger charge is -2.20. The fourth-order valence-electron chi connectivity index (χ4n) is 2.85. The molecule has 0 radical (unpaired) electrons. The van der Waals surface area contributed by atoms with Crippen molar-refractivity contribution in [3.05, 3.63) is 82.2 Å². The van der Waals surface area contributed by atoms with Crippen LogP contribution in [0.1, 0.15) is 31.9 Å². The van der Waals surface area contributed by atoms with Gasteiger partial charge in [-0.05, 0) is 60.2 Å². The van der Waals surface area contributed by atoms with Crippen molar-refractivity contribution in [1.29, 1.82) is 0 Å². The van der Waals surface area contributed by atoms with Crippen molar-refractivity contribution in [2.75, 3.05) is 12.4 Å². The van der Waals surface area contributed by atoms with Crippen molar-refractivity contribution in [1.82, 2.24) is 9.55 Å². The summed E-state index contributed by atoms with van der Waals surface area (Å²) in [5.41, 5.74) is 2.72. The van der Waals surface area contributed by atoms with Gasteiger partial charge < -0.3 is 4.74 Å². The van der Waals surface area contributed by atoms with Crippen molar-refractivity contribution in [2.45, 2.75) is 39.1 Å². The highest BCUT2D eigenvalue weighted by Gasteiger charge is 2.13. The molecule has 0 aliphatic rings. The van der Waals surface area contributed by atoms with Crippen molar-refractivity contribution < 1.29 is 9.13 Å². The van der Waals surface area contributed by atoms with Gasteiger partial charge in [-0.15, -0.1) is 11.8 Å². The molecule has 0 bridgehead atoms. The summed E-state index contributed by atoms with van der Waals surface area (Å²) in [6.07, 6.45) is 4.05. The van der Waals surface area contributed by atoms with Crippen molar-refractivity contribution >= 4 is 11.8 Å². The molecule has 0 aliphatic carbocycles. The van der Waals surface area contributed by atoms with Gasteiger partial charge >= 0.3 is 0 Å². The second-order valence-corrected chi connectivity index (χ2v) is 9.52. The lowest BCUT2D eigenvalue weighted by Crippen LogP contribution is -2.21. The Morgan fingerprint density at radius 1 is 1.13 bits per heavy atom. The van der Waals surface area contributed by atoms with E-state index in [9.17, 15) is 9.18 Å². The molecule has 30 heavy (non-hydrogen) atoms. The number of ether oxygens (including phenoxy) is 1. The van der Waals surface area contributed by atoms with E-state index in [2.05, 4.69) is 25.8 Å². The molecule has 0 fully saturated rings. The maximum absolute atomic E-state index is 13.0. The van der Waals surface area contributed by atoms with Crippen LogP contribution in [-0.2, 0) is 6.42 Å². The van der Waals surface area contributed by atoms with E-state index >= 15 is 0 Å². The van der Waals surface area contributed by atoms with E-state index < -0.39 is 0 Å². The van der Waals surface area contributed by atoms with Crippen LogP contribution in [0.3, 0.4) is 0 Å². The molecule has 1 aromatic heterocycles. The van der Waals surface area contributed by atoms with Crippen LogP contribution in [0.15, 0.2) is 64.7 Å². The zero-order valence-corrected chi connectivity index (χ0v) is 18.6. The van der Waals surface area contributed by atoms with E-state index in [1.54, 1.807) is 29.1 Å². The van der Waals surface area contributed by atoms with Crippen LogP contribution in [0.25, 0.3) is 5.69 Å². The first-order chi connectivity index (χ1) is 14.2. The Morgan fingerprint density at radius 3 is 2.53 bits per heavy atom. The summed E-state index contributed by atoms with van der Waals surface area (Å²) in [7, 11) is 0. The Morgan fingerprint density at radius 2 is 1.87 bits per heavy atom. The molecule has 0 unspecified atom stereocenters. The van der Waals surface area contributed by atoms with Crippen LogP contribution in [-0.4, -0.2) is 21.9 Å². The Hall–Kier alpha value is -2.60. The molecule has 158 valence electrons. The quantitative estimate of drug-likeness (QED) is 0.472. The average molecular weight is 427 g/mol. The molecule has 3 rings (SSSR count). The van der Waals surface area contributed by atoms with E-state index in [1.807, 2.05) is 25.1 Å². The molecular formula is C24H27FN2O2S. The molecule has 6 heteroatoms. The number of hydrogen-bond acceptors (Lipinski definition) is 4. The lowest BCUT2D eigenvalue weighted by atomic mass is 9.98. The van der Waals surface area contributed by atoms with Gasteiger partial charge in [-0.2, -0.15) is 0 Å². The number of rotatable bonds is 7. The monoisotopic (exact) mass is 426 g/mol. The summed E-state index contributed by atoms with van der Waals surface area (Å²) in [5, 5.41) is 0.449. The lowest BCUT2D eigenvalue weighted by molar-refractivity contribution is 0.197. The zero-order valence-electron chi connectivity index (χ0n) is 17.8. The number of thioether (sulfide) groups is 1. The second kappa shape index (κ2) is 9.47. The third-order valence-electron chi connectivity index (χ3n) is 4.45. The van der Waals surface area contributed by atoms with Gasteiger partial charge in [-0.25, -0.2) is 9.37 Å². The topological polar surface area (TPSA) is 44.1 Å². The smallest absolute Gasteiger partial charge is 0.287 e. The van der Waals surface area contributed by atoms with Gasteiger partial charge in [0.05, 0.1) is 6.61 Å². The number of hydrogen-bond donors (Lipinski definition) is 0. The van der Waals surface area contributed by atoms with Gasteiger partial charge in [0, 0.05) is 23.8 Å². The maximum Gasteiger partial charge on any atom is 0.287 e. The second-order valence-electron chi connectivity index (χ2n) is 8.43. The van der Waals surface area contributed by atoms with Crippen LogP contribution >= 0.6 is 11.8 Å². The molecule has 4 nitrogen and oxygen atoms in total. The molecule has 0 atom stereocenters. The van der Waals surface area contributed by atoms with Gasteiger partial charge in [0.15, 0.2) is 5.03 Å². The first-order valence-corrected chi connectivity index (χ1v) is 10.9. The number of aryl methyl sites for hydroxylation is 2. The van der Waals surface area contributed by atoms with Crippen molar-refractivity contribution in [3.8, 4) is 11.4 Å². The highest BCUT2D eigenvalue weighted by atomic mass is 32.2. The summed E-state index contributed by atoms with van der Waals surface area (Å²) in [5.74, 6) is 1.27. The summed E-state index contributed by atoms with van der Waals surface area (Å²) >= 11 is 1.41. The van der Waals surface area contributed by atoms with Gasteiger partial charge in [0.25, 0.3) is 5.56 Å². The summed E-state index contributed by atoms with van der Waals surface area (Å²) < 4.78 is 20.5. The molecule has 0 saturated carbocycles. The first-order valence-electron chi connectivity index (χ1n) is 9.92. The molecule has 0 amide bonds. The van der Waals surface area contributed by atoms with Gasteiger partial charge in [-0.3, -0.25) is 9.36 Å². The van der Waals surface area contributed by atoms with E-state index in [-0.39, 0.29) is 16.8 Å². The van der Waals surface area contributed by atoms with Crippen LogP contribution < -0.4 is 10.3 Å². The molecular weight excluding hydrogens is 399 g/mol. The number of halogens is 1. The largest absolute Gasteiger partial charge is 0.493 e. The highest BCUT2D eigenvalue weighted by Crippen LogP contribution is 2.24. The van der Waals surface area contributed by atoms with Crippen LogP contribution in [0.2, 0.25) is 0 Å². The molecule has 0 N–H and O–H groups in total. The predicted molar refractivity (Wildman–Crippen MR) is 120 cm³/mol. The van der Waals surface area contributed by atoms with Crippen LogP contribution in [0, 0.1) is 18.2 Å². The van der Waals surface area contributed by atoms with E-state index in [0.717, 1.165) is 29.0 Å². The third kappa shape index (κ3) is 5.95. The molecule has 1 heterocycles. The minimum atomic E-state index is -0.246. The van der Waals surface area contributed by atoms with Gasteiger partial charge in [0.1, 0.15) is 11.6 Å². The van der Waals surface area contributed by atoms with E-state index in [0.29, 0.717) is 17.4 Å². The first kappa shape index (κ1) is 22.1. The fraction of sp³-hybridized carbons (Fsp3) is 0.333. The Bertz CT molecular complexity index is 1060. The predicted octanol–water partition coefficient (Wildman–Crippen LogP) is 5.44. The number of benzene rings is 2. The fourth-order valence-corrected chi connectivity index (χ4v) is 3.74. The Kier molecular flexibility index (Phi) is 6.98. The number of nitrogens with zero attached hydrogens (tertiary/aromatic N) is 2. The minimum Gasteiger partial charge on any atom is -0.493 e. The standard InChI is InChI=1S/C24H27FN2O2S/c1-17-15-20(9-10-21(17)29-16-24(2,3)4)27-13-12-26-22(23(27)28)30-14-11-18-5-7-19(25)8-6-18/h5-10,12-13,15H,11,14,16H2,1-4H3. The number of aromatic nitrogens is 2. The molecule has 2 aromatic carbocycles.